The van der Waals surface area contributed by atoms with Gasteiger partial charge >= 0.3 is 0 Å². The third kappa shape index (κ3) is 1.42. The van der Waals surface area contributed by atoms with Crippen molar-refractivity contribution in [1.82, 2.24) is 5.32 Å². The van der Waals surface area contributed by atoms with Crippen LogP contribution >= 0.6 is 23.2 Å². The van der Waals surface area contributed by atoms with E-state index in [1.807, 2.05) is 6.07 Å². The Bertz CT molecular complexity index is 432. The summed E-state index contributed by atoms with van der Waals surface area (Å²) in [6, 6.07) is 6.82. The first-order valence-corrected chi connectivity index (χ1v) is 6.56. The molecule has 1 aromatic rings. The lowest BCUT2D eigenvalue weighted by atomic mass is 9.93. The first-order chi connectivity index (χ1) is 7.67. The van der Waals surface area contributed by atoms with E-state index in [0.717, 1.165) is 5.92 Å². The Labute approximate surface area is 106 Å². The van der Waals surface area contributed by atoms with Gasteiger partial charge in [-0.1, -0.05) is 29.3 Å². The molecule has 0 aliphatic heterocycles. The fraction of sp³-hybridized carbons (Fsp3) is 0.538. The number of hydrogen-bond donors (Lipinski definition) is 1. The van der Waals surface area contributed by atoms with Crippen molar-refractivity contribution < 1.29 is 0 Å². The molecule has 0 saturated heterocycles. The Kier molecular flexibility index (Phi) is 2.47. The van der Waals surface area contributed by atoms with Crippen molar-refractivity contribution in [2.24, 2.45) is 5.92 Å². The van der Waals surface area contributed by atoms with Gasteiger partial charge in [-0.25, -0.2) is 0 Å². The van der Waals surface area contributed by atoms with Crippen molar-refractivity contribution in [3.63, 3.8) is 0 Å². The second-order valence-corrected chi connectivity index (χ2v) is 5.84. The summed E-state index contributed by atoms with van der Waals surface area (Å²) in [6.07, 6.45) is 3.86. The van der Waals surface area contributed by atoms with Crippen LogP contribution in [0.3, 0.4) is 0 Å². The van der Waals surface area contributed by atoms with Gasteiger partial charge in [0.2, 0.25) is 0 Å². The molecule has 1 N–H and O–H groups in total. The minimum atomic E-state index is 0.405. The van der Waals surface area contributed by atoms with Gasteiger partial charge in [-0.3, -0.25) is 0 Å². The molecule has 0 aromatic heterocycles. The molecule has 86 valence electrons. The molecule has 3 rings (SSSR count). The Morgan fingerprint density at radius 3 is 2.69 bits per heavy atom. The highest BCUT2D eigenvalue weighted by atomic mass is 35.5. The zero-order valence-electron chi connectivity index (χ0n) is 9.26. The molecule has 0 bridgehead atoms. The molecule has 0 amide bonds. The third-order valence-electron chi connectivity index (χ3n) is 4.39. The van der Waals surface area contributed by atoms with Gasteiger partial charge in [0.1, 0.15) is 0 Å². The number of nitrogens with one attached hydrogen (secondary N) is 1. The van der Waals surface area contributed by atoms with E-state index in [2.05, 4.69) is 24.5 Å². The number of halogens is 2. The fourth-order valence-electron chi connectivity index (χ4n) is 3.39. The van der Waals surface area contributed by atoms with Gasteiger partial charge in [0.25, 0.3) is 0 Å². The van der Waals surface area contributed by atoms with Crippen LogP contribution in [0.1, 0.15) is 24.8 Å². The van der Waals surface area contributed by atoms with Gasteiger partial charge in [0.05, 0.1) is 10.0 Å². The van der Waals surface area contributed by atoms with Crippen LogP contribution < -0.4 is 5.32 Å². The number of benzene rings is 1. The molecule has 2 aliphatic rings. The maximum Gasteiger partial charge on any atom is 0.0595 e. The Morgan fingerprint density at radius 1 is 1.31 bits per heavy atom. The van der Waals surface area contributed by atoms with Crippen molar-refractivity contribution >= 4 is 23.2 Å². The summed E-state index contributed by atoms with van der Waals surface area (Å²) < 4.78 is 0. The number of fused-ring (bicyclic) bond motifs is 1. The zero-order chi connectivity index (χ0) is 11.3. The molecule has 0 spiro atoms. The standard InChI is InChI=1S/C13H15Cl2N/c1-16-12-4-5-13(7-9(12)13)8-2-3-10(14)11(15)6-8/h2-3,6,9,12,16H,4-5,7H2,1H3. The monoisotopic (exact) mass is 255 g/mol. The van der Waals surface area contributed by atoms with Crippen LogP contribution in [0.4, 0.5) is 0 Å². The summed E-state index contributed by atoms with van der Waals surface area (Å²) >= 11 is 12.1. The van der Waals surface area contributed by atoms with E-state index >= 15 is 0 Å². The smallest absolute Gasteiger partial charge is 0.0595 e. The number of rotatable bonds is 2. The molecule has 2 fully saturated rings. The molecule has 0 radical (unpaired) electrons. The molecule has 1 aromatic carbocycles. The highest BCUT2D eigenvalue weighted by Gasteiger charge is 2.61. The van der Waals surface area contributed by atoms with E-state index in [1.54, 1.807) is 0 Å². The van der Waals surface area contributed by atoms with E-state index in [-0.39, 0.29) is 0 Å². The average molecular weight is 256 g/mol. The molecule has 16 heavy (non-hydrogen) atoms. The van der Waals surface area contributed by atoms with Crippen molar-refractivity contribution in [3.8, 4) is 0 Å². The lowest BCUT2D eigenvalue weighted by Gasteiger charge is -2.12. The highest BCUT2D eigenvalue weighted by Crippen LogP contribution is 2.64. The van der Waals surface area contributed by atoms with Crippen LogP contribution in [-0.4, -0.2) is 13.1 Å². The van der Waals surface area contributed by atoms with Crippen molar-refractivity contribution in [2.45, 2.75) is 30.7 Å². The van der Waals surface area contributed by atoms with Crippen LogP contribution in [0.25, 0.3) is 0 Å². The summed E-state index contributed by atoms with van der Waals surface area (Å²) in [5.41, 5.74) is 1.78. The Hall–Kier alpha value is -0.240. The SMILES string of the molecule is CNC1CCC2(c3ccc(Cl)c(Cl)c3)CC12. The first-order valence-electron chi connectivity index (χ1n) is 5.80. The molecule has 2 saturated carbocycles. The quantitative estimate of drug-likeness (QED) is 0.851. The number of hydrogen-bond acceptors (Lipinski definition) is 1. The predicted molar refractivity (Wildman–Crippen MR) is 68.3 cm³/mol. The van der Waals surface area contributed by atoms with Gasteiger partial charge in [0.15, 0.2) is 0 Å². The topological polar surface area (TPSA) is 12.0 Å². The molecular weight excluding hydrogens is 241 g/mol. The Morgan fingerprint density at radius 2 is 2.12 bits per heavy atom. The lowest BCUT2D eigenvalue weighted by Crippen LogP contribution is -2.24. The predicted octanol–water partition coefficient (Wildman–Crippen LogP) is 3.63. The largest absolute Gasteiger partial charge is 0.317 e. The lowest BCUT2D eigenvalue weighted by molar-refractivity contribution is 0.519. The molecule has 3 heteroatoms. The maximum absolute atomic E-state index is 6.10. The van der Waals surface area contributed by atoms with E-state index in [4.69, 9.17) is 23.2 Å². The fourth-order valence-corrected chi connectivity index (χ4v) is 3.69. The average Bonchev–Trinajstić information content (AvgIpc) is 2.91. The summed E-state index contributed by atoms with van der Waals surface area (Å²) in [5, 5.41) is 4.76. The first kappa shape index (κ1) is 10.9. The summed E-state index contributed by atoms with van der Waals surface area (Å²) in [7, 11) is 2.06. The second kappa shape index (κ2) is 3.63. The van der Waals surface area contributed by atoms with Gasteiger partial charge in [0, 0.05) is 11.5 Å². The van der Waals surface area contributed by atoms with Crippen molar-refractivity contribution in [3.05, 3.63) is 33.8 Å². The summed E-state index contributed by atoms with van der Waals surface area (Å²) in [6.45, 7) is 0. The molecule has 2 aliphatic carbocycles. The Balaban J connectivity index is 1.92. The minimum absolute atomic E-state index is 0.405. The van der Waals surface area contributed by atoms with E-state index < -0.39 is 0 Å². The van der Waals surface area contributed by atoms with Crippen LogP contribution in [-0.2, 0) is 5.41 Å². The van der Waals surface area contributed by atoms with E-state index in [0.29, 0.717) is 21.5 Å². The molecule has 3 atom stereocenters. The normalized spacial score (nSPS) is 36.2. The van der Waals surface area contributed by atoms with Crippen LogP contribution in [0, 0.1) is 5.92 Å². The van der Waals surface area contributed by atoms with Crippen molar-refractivity contribution in [2.75, 3.05) is 7.05 Å². The highest BCUT2D eigenvalue weighted by molar-refractivity contribution is 6.42. The summed E-state index contributed by atoms with van der Waals surface area (Å²) in [4.78, 5) is 0. The van der Waals surface area contributed by atoms with Gasteiger partial charge < -0.3 is 5.32 Å². The van der Waals surface area contributed by atoms with Gasteiger partial charge in [-0.2, -0.15) is 0 Å². The van der Waals surface area contributed by atoms with Crippen molar-refractivity contribution in [1.29, 1.82) is 0 Å². The van der Waals surface area contributed by atoms with E-state index in [1.165, 1.54) is 24.8 Å². The minimum Gasteiger partial charge on any atom is -0.317 e. The van der Waals surface area contributed by atoms with Gasteiger partial charge in [-0.15, -0.1) is 0 Å². The molecule has 0 heterocycles. The third-order valence-corrected chi connectivity index (χ3v) is 5.13. The zero-order valence-corrected chi connectivity index (χ0v) is 10.8. The van der Waals surface area contributed by atoms with Gasteiger partial charge in [-0.05, 0) is 49.9 Å². The summed E-state index contributed by atoms with van der Waals surface area (Å²) in [5.74, 6) is 0.801. The maximum atomic E-state index is 6.10. The van der Waals surface area contributed by atoms with Crippen LogP contribution in [0.15, 0.2) is 18.2 Å². The van der Waals surface area contributed by atoms with E-state index in [9.17, 15) is 0 Å². The van der Waals surface area contributed by atoms with Crippen LogP contribution in [0.5, 0.6) is 0 Å². The van der Waals surface area contributed by atoms with Crippen LogP contribution in [0.2, 0.25) is 10.0 Å². The molecule has 1 nitrogen and oxygen atoms in total. The molecular formula is C13H15Cl2N. The molecule has 3 unspecified atom stereocenters. The second-order valence-electron chi connectivity index (χ2n) is 5.03.